The van der Waals surface area contributed by atoms with Crippen LogP contribution in [0.25, 0.3) is 10.9 Å². The van der Waals surface area contributed by atoms with Gasteiger partial charge >= 0.3 is 0 Å². The number of benzene rings is 2. The highest BCUT2D eigenvalue weighted by Crippen LogP contribution is 2.35. The number of ether oxygens (including phenoxy) is 4. The first kappa shape index (κ1) is 19.5. The van der Waals surface area contributed by atoms with Gasteiger partial charge in [0.05, 0.1) is 51.8 Å². The van der Waals surface area contributed by atoms with Gasteiger partial charge in [-0.25, -0.2) is 0 Å². The normalized spacial score (nSPS) is 10.7. The summed E-state index contributed by atoms with van der Waals surface area (Å²) < 4.78 is 22.9. The second kappa shape index (κ2) is 8.62. The van der Waals surface area contributed by atoms with E-state index in [4.69, 9.17) is 18.9 Å². The van der Waals surface area contributed by atoms with E-state index in [0.717, 1.165) is 10.9 Å². The highest BCUT2D eigenvalue weighted by atomic mass is 16.5. The van der Waals surface area contributed by atoms with Gasteiger partial charge in [-0.3, -0.25) is 9.48 Å². The van der Waals surface area contributed by atoms with Crippen LogP contribution in [0, 0.1) is 0 Å². The van der Waals surface area contributed by atoms with Gasteiger partial charge in [0, 0.05) is 30.3 Å². The molecule has 0 spiro atoms. The van der Waals surface area contributed by atoms with Gasteiger partial charge in [0.15, 0.2) is 11.5 Å². The molecule has 28 heavy (non-hydrogen) atoms. The third-order valence-corrected chi connectivity index (χ3v) is 4.36. The molecule has 1 N–H and O–H groups in total. The van der Waals surface area contributed by atoms with E-state index in [2.05, 4.69) is 10.4 Å². The van der Waals surface area contributed by atoms with Crippen LogP contribution in [-0.4, -0.2) is 50.7 Å². The van der Waals surface area contributed by atoms with Gasteiger partial charge in [-0.15, -0.1) is 0 Å². The Kier molecular flexibility index (Phi) is 6.00. The van der Waals surface area contributed by atoms with Crippen LogP contribution < -0.4 is 19.5 Å². The van der Waals surface area contributed by atoms with Crippen molar-refractivity contribution >= 4 is 22.5 Å². The summed E-state index contributed by atoms with van der Waals surface area (Å²) in [5, 5.41) is 8.24. The minimum absolute atomic E-state index is 0.319. The van der Waals surface area contributed by atoms with Gasteiger partial charge in [0.1, 0.15) is 5.75 Å². The van der Waals surface area contributed by atoms with Gasteiger partial charge in [-0.1, -0.05) is 0 Å². The number of aromatic nitrogens is 2. The maximum atomic E-state index is 12.9. The second-order valence-electron chi connectivity index (χ2n) is 6.00. The van der Waals surface area contributed by atoms with Crippen LogP contribution in [0.2, 0.25) is 0 Å². The van der Waals surface area contributed by atoms with Crippen molar-refractivity contribution in [3.05, 3.63) is 42.1 Å². The van der Waals surface area contributed by atoms with E-state index in [0.29, 0.717) is 41.7 Å². The number of anilines is 1. The molecule has 0 aliphatic heterocycles. The molecule has 0 saturated carbocycles. The van der Waals surface area contributed by atoms with Crippen LogP contribution in [0.1, 0.15) is 10.4 Å². The van der Waals surface area contributed by atoms with Gasteiger partial charge in [0.25, 0.3) is 5.91 Å². The highest BCUT2D eigenvalue weighted by molar-refractivity contribution is 6.07. The quantitative estimate of drug-likeness (QED) is 0.642. The molecule has 0 bridgehead atoms. The first-order valence-electron chi connectivity index (χ1n) is 8.67. The Morgan fingerprint density at radius 2 is 1.71 bits per heavy atom. The summed E-state index contributed by atoms with van der Waals surface area (Å²) in [4.78, 5) is 12.9. The summed E-state index contributed by atoms with van der Waals surface area (Å²) in [7, 11) is 6.19. The van der Waals surface area contributed by atoms with Crippen molar-refractivity contribution in [2.45, 2.75) is 6.54 Å². The van der Waals surface area contributed by atoms with Gasteiger partial charge < -0.3 is 24.3 Å². The smallest absolute Gasteiger partial charge is 0.259 e. The predicted octanol–water partition coefficient (Wildman–Crippen LogP) is 2.96. The summed E-state index contributed by atoms with van der Waals surface area (Å²) >= 11 is 0. The molecule has 0 unspecified atom stereocenters. The van der Waals surface area contributed by atoms with E-state index in [1.165, 1.54) is 21.3 Å². The Hall–Kier alpha value is -3.26. The van der Waals surface area contributed by atoms with Crippen molar-refractivity contribution in [1.82, 2.24) is 9.78 Å². The number of hydrogen-bond acceptors (Lipinski definition) is 6. The fourth-order valence-corrected chi connectivity index (χ4v) is 2.91. The lowest BCUT2D eigenvalue weighted by Crippen LogP contribution is -2.14. The number of carbonyl (C=O) groups excluding carboxylic acids is 1. The molecule has 0 aliphatic rings. The topological polar surface area (TPSA) is 83.8 Å². The summed E-state index contributed by atoms with van der Waals surface area (Å²) in [5.41, 5.74) is 1.90. The van der Waals surface area contributed by atoms with Crippen LogP contribution in [0.5, 0.6) is 17.2 Å². The molecular weight excluding hydrogens is 362 g/mol. The molecule has 3 rings (SSSR count). The van der Waals surface area contributed by atoms with E-state index in [1.807, 2.05) is 22.9 Å². The summed E-state index contributed by atoms with van der Waals surface area (Å²) in [6, 6.07) is 8.83. The number of carbonyl (C=O) groups is 1. The minimum Gasteiger partial charge on any atom is -0.496 e. The first-order chi connectivity index (χ1) is 13.6. The zero-order chi connectivity index (χ0) is 20.1. The van der Waals surface area contributed by atoms with Crippen LogP contribution in [0.15, 0.2) is 36.5 Å². The van der Waals surface area contributed by atoms with Crippen molar-refractivity contribution in [2.24, 2.45) is 0 Å². The van der Waals surface area contributed by atoms with Crippen molar-refractivity contribution in [3.8, 4) is 17.2 Å². The Labute approximate surface area is 162 Å². The van der Waals surface area contributed by atoms with Crippen molar-refractivity contribution in [2.75, 3.05) is 40.4 Å². The molecule has 8 heteroatoms. The highest BCUT2D eigenvalue weighted by Gasteiger charge is 2.18. The average molecular weight is 385 g/mol. The summed E-state index contributed by atoms with van der Waals surface area (Å²) in [6.45, 7) is 1.18. The number of amides is 1. The Morgan fingerprint density at radius 3 is 2.39 bits per heavy atom. The molecule has 1 amide bonds. The monoisotopic (exact) mass is 385 g/mol. The fraction of sp³-hybridized carbons (Fsp3) is 0.300. The van der Waals surface area contributed by atoms with Crippen molar-refractivity contribution in [3.63, 3.8) is 0 Å². The van der Waals surface area contributed by atoms with Crippen molar-refractivity contribution in [1.29, 1.82) is 0 Å². The average Bonchev–Trinajstić information content (AvgIpc) is 3.13. The maximum absolute atomic E-state index is 12.9. The molecule has 0 saturated heterocycles. The number of rotatable bonds is 8. The summed E-state index contributed by atoms with van der Waals surface area (Å²) in [5.74, 6) is 1.00. The third kappa shape index (κ3) is 3.86. The van der Waals surface area contributed by atoms with Gasteiger partial charge in [-0.2, -0.15) is 5.10 Å². The first-order valence-corrected chi connectivity index (χ1v) is 8.67. The molecule has 8 nitrogen and oxygen atoms in total. The molecule has 3 aromatic rings. The van der Waals surface area contributed by atoms with E-state index < -0.39 is 0 Å². The second-order valence-corrected chi connectivity index (χ2v) is 6.00. The number of nitrogens with zero attached hydrogens (tertiary/aromatic N) is 2. The lowest BCUT2D eigenvalue weighted by Gasteiger charge is -2.14. The molecule has 1 heterocycles. The van der Waals surface area contributed by atoms with Crippen LogP contribution in [0.4, 0.5) is 5.69 Å². The SMILES string of the molecule is COCCn1ncc2ccc(NC(=O)c3cc(OC)c(OC)cc3OC)cc21. The predicted molar refractivity (Wildman–Crippen MR) is 106 cm³/mol. The number of fused-ring (bicyclic) bond motifs is 1. The lowest BCUT2D eigenvalue weighted by atomic mass is 10.1. The van der Waals surface area contributed by atoms with E-state index in [9.17, 15) is 4.79 Å². The standard InChI is InChI=1S/C20H23N3O5/c1-25-8-7-23-16-9-14(6-5-13(16)12-21-23)22-20(24)15-10-18(27-3)19(28-4)11-17(15)26-2/h5-6,9-12H,7-8H2,1-4H3,(H,22,24). The number of methoxy groups -OCH3 is 4. The Morgan fingerprint density at radius 1 is 1.00 bits per heavy atom. The molecule has 0 radical (unpaired) electrons. The maximum Gasteiger partial charge on any atom is 0.259 e. The lowest BCUT2D eigenvalue weighted by molar-refractivity contribution is 0.102. The van der Waals surface area contributed by atoms with Crippen molar-refractivity contribution < 1.29 is 23.7 Å². The van der Waals surface area contributed by atoms with E-state index >= 15 is 0 Å². The molecular formula is C20H23N3O5. The van der Waals surface area contributed by atoms with Gasteiger partial charge in [-0.05, 0) is 18.2 Å². The molecule has 0 fully saturated rings. The van der Waals surface area contributed by atoms with Crippen LogP contribution in [0.3, 0.4) is 0 Å². The zero-order valence-electron chi connectivity index (χ0n) is 16.3. The molecule has 148 valence electrons. The van der Waals surface area contributed by atoms with Crippen LogP contribution in [-0.2, 0) is 11.3 Å². The third-order valence-electron chi connectivity index (χ3n) is 4.36. The largest absolute Gasteiger partial charge is 0.496 e. The molecule has 2 aromatic carbocycles. The molecule has 1 aromatic heterocycles. The number of nitrogens with one attached hydrogen (secondary N) is 1. The molecule has 0 atom stereocenters. The van der Waals surface area contributed by atoms with Gasteiger partial charge in [0.2, 0.25) is 0 Å². The van der Waals surface area contributed by atoms with Crippen LogP contribution >= 0.6 is 0 Å². The molecule has 0 aliphatic carbocycles. The minimum atomic E-state index is -0.319. The Bertz CT molecular complexity index is 983. The van der Waals surface area contributed by atoms with E-state index in [1.54, 1.807) is 25.4 Å². The zero-order valence-corrected chi connectivity index (χ0v) is 16.3. The van der Waals surface area contributed by atoms with E-state index in [-0.39, 0.29) is 5.91 Å². The number of hydrogen-bond donors (Lipinski definition) is 1. The Balaban J connectivity index is 1.90. The summed E-state index contributed by atoms with van der Waals surface area (Å²) in [6.07, 6.45) is 1.79. The fourth-order valence-electron chi connectivity index (χ4n) is 2.91.